The number of unbranched alkanes of at least 4 members (excludes halogenated alkanes) is 5. The van der Waals surface area contributed by atoms with Crippen LogP contribution in [0.15, 0.2) is 0 Å². The summed E-state index contributed by atoms with van der Waals surface area (Å²) >= 11 is 12.2. The fourth-order valence-corrected chi connectivity index (χ4v) is 4.56. The van der Waals surface area contributed by atoms with Crippen molar-refractivity contribution in [2.75, 3.05) is 30.5 Å². The fourth-order valence-electron chi connectivity index (χ4n) is 3.73. The standard InChI is InChI=1S/C12H24O5S.C11H22O5S2/c1-2-3-4-5-6-16-12-11(15)10(14)9(13)8(7-18)17-12;12-8-7(6-18)16-11(10(14)9(8)13)15-4-2-1-3-5-17/h8-15,18H,2-7H2,1H3;7-14,17-18H,1-6H2/t8?,9-,10-,11?,12+;7?,8-,9-,10?,11-/m00/s1. The van der Waals surface area contributed by atoms with Gasteiger partial charge in [-0.05, 0) is 25.0 Å². The Balaban J connectivity index is 0.000000360. The molecule has 0 aromatic heterocycles. The lowest BCUT2D eigenvalue weighted by molar-refractivity contribution is -0.292. The minimum Gasteiger partial charge on any atom is -0.388 e. The van der Waals surface area contributed by atoms with E-state index in [-0.39, 0.29) is 11.5 Å². The molecule has 10 atom stereocenters. The van der Waals surface area contributed by atoms with Crippen molar-refractivity contribution in [1.29, 1.82) is 0 Å². The van der Waals surface area contributed by atoms with Crippen molar-refractivity contribution < 1.29 is 49.6 Å². The van der Waals surface area contributed by atoms with Crippen molar-refractivity contribution in [3.05, 3.63) is 0 Å². The molecular weight excluding hydrogens is 532 g/mol. The van der Waals surface area contributed by atoms with Crippen molar-refractivity contribution >= 4 is 37.9 Å². The molecule has 0 amide bonds. The third kappa shape index (κ3) is 11.4. The van der Waals surface area contributed by atoms with E-state index >= 15 is 0 Å². The van der Waals surface area contributed by atoms with Crippen LogP contribution >= 0.6 is 37.9 Å². The average molecular weight is 579 g/mol. The van der Waals surface area contributed by atoms with E-state index in [0.717, 1.165) is 50.7 Å². The number of aliphatic hydroxyl groups excluding tert-OH is 6. The highest BCUT2D eigenvalue weighted by molar-refractivity contribution is 7.80. The number of thiol groups is 3. The van der Waals surface area contributed by atoms with E-state index in [1.807, 2.05) is 0 Å². The number of aliphatic hydroxyl groups is 6. The molecule has 6 N–H and O–H groups in total. The Labute approximate surface area is 230 Å². The summed E-state index contributed by atoms with van der Waals surface area (Å²) in [5, 5.41) is 58.0. The third-order valence-corrected chi connectivity index (χ3v) is 7.10. The van der Waals surface area contributed by atoms with Crippen LogP contribution in [0, 0.1) is 0 Å². The van der Waals surface area contributed by atoms with Gasteiger partial charge in [-0.3, -0.25) is 0 Å². The molecule has 0 aromatic rings. The highest BCUT2D eigenvalue weighted by atomic mass is 32.1. The van der Waals surface area contributed by atoms with Gasteiger partial charge in [0.25, 0.3) is 0 Å². The summed E-state index contributed by atoms with van der Waals surface area (Å²) in [4.78, 5) is 0. The first-order chi connectivity index (χ1) is 17.2. The first kappa shape index (κ1) is 34.7. The van der Waals surface area contributed by atoms with E-state index in [1.165, 1.54) is 0 Å². The maximum atomic E-state index is 9.74. The zero-order valence-electron chi connectivity index (χ0n) is 20.9. The predicted molar refractivity (Wildman–Crippen MR) is 145 cm³/mol. The van der Waals surface area contributed by atoms with Gasteiger partial charge in [0, 0.05) is 24.7 Å². The van der Waals surface area contributed by atoms with Crippen molar-refractivity contribution in [2.24, 2.45) is 0 Å². The fraction of sp³-hybridized carbons (Fsp3) is 1.00. The smallest absolute Gasteiger partial charge is 0.186 e. The molecule has 2 heterocycles. The maximum Gasteiger partial charge on any atom is 0.186 e. The normalized spacial score (nSPS) is 36.8. The quantitative estimate of drug-likeness (QED) is 0.103. The van der Waals surface area contributed by atoms with Gasteiger partial charge in [-0.15, -0.1) is 0 Å². The maximum absolute atomic E-state index is 9.74. The Morgan fingerprint density at radius 3 is 1.33 bits per heavy atom. The van der Waals surface area contributed by atoms with E-state index in [9.17, 15) is 30.6 Å². The van der Waals surface area contributed by atoms with E-state index in [4.69, 9.17) is 18.9 Å². The molecule has 0 aliphatic carbocycles. The summed E-state index contributed by atoms with van der Waals surface area (Å²) in [6.07, 6.45) is -3.16. The van der Waals surface area contributed by atoms with Crippen molar-refractivity contribution in [1.82, 2.24) is 0 Å². The van der Waals surface area contributed by atoms with Gasteiger partial charge >= 0.3 is 0 Å². The monoisotopic (exact) mass is 578 g/mol. The molecule has 0 bridgehead atoms. The number of hydrogen-bond donors (Lipinski definition) is 9. The second-order valence-electron chi connectivity index (χ2n) is 8.98. The largest absolute Gasteiger partial charge is 0.388 e. The van der Waals surface area contributed by atoms with Gasteiger partial charge in [0.05, 0.1) is 12.2 Å². The molecule has 13 heteroatoms. The summed E-state index contributed by atoms with van der Waals surface area (Å²) in [6, 6.07) is 0. The summed E-state index contributed by atoms with van der Waals surface area (Å²) in [5.74, 6) is 1.36. The molecule has 36 heavy (non-hydrogen) atoms. The molecule has 0 aromatic carbocycles. The average Bonchev–Trinajstić information content (AvgIpc) is 2.88. The molecular formula is C23H46O10S3. The Bertz CT molecular complexity index is 502. The molecule has 0 radical (unpaired) electrons. The van der Waals surface area contributed by atoms with Crippen LogP contribution in [0.2, 0.25) is 0 Å². The van der Waals surface area contributed by atoms with Gasteiger partial charge in [-0.2, -0.15) is 37.9 Å². The summed E-state index contributed by atoms with van der Waals surface area (Å²) in [6.45, 7) is 3.05. The summed E-state index contributed by atoms with van der Waals surface area (Å²) in [7, 11) is 0. The van der Waals surface area contributed by atoms with Crippen LogP contribution in [0.4, 0.5) is 0 Å². The van der Waals surface area contributed by atoms with Crippen LogP contribution in [0.25, 0.3) is 0 Å². The summed E-state index contributed by atoms with van der Waals surface area (Å²) in [5.41, 5.74) is 0. The van der Waals surface area contributed by atoms with E-state index < -0.39 is 61.4 Å². The zero-order chi connectivity index (χ0) is 27.1. The number of rotatable bonds is 14. The highest BCUT2D eigenvalue weighted by Gasteiger charge is 2.44. The molecule has 216 valence electrons. The number of ether oxygens (including phenoxy) is 4. The van der Waals surface area contributed by atoms with Crippen LogP contribution in [0.5, 0.6) is 0 Å². The molecule has 2 aliphatic rings. The highest BCUT2D eigenvalue weighted by Crippen LogP contribution is 2.24. The van der Waals surface area contributed by atoms with Crippen LogP contribution in [0.1, 0.15) is 51.9 Å². The van der Waals surface area contributed by atoms with Gasteiger partial charge < -0.3 is 49.6 Å². The molecule has 2 aliphatic heterocycles. The minimum absolute atomic E-state index is 0.254. The van der Waals surface area contributed by atoms with E-state index in [2.05, 4.69) is 44.8 Å². The van der Waals surface area contributed by atoms with Gasteiger partial charge in [0.15, 0.2) is 12.6 Å². The molecule has 2 rings (SSSR count). The molecule has 10 nitrogen and oxygen atoms in total. The van der Waals surface area contributed by atoms with Gasteiger partial charge in [-0.25, -0.2) is 0 Å². The Kier molecular flexibility index (Phi) is 18.9. The Morgan fingerprint density at radius 2 is 0.972 bits per heavy atom. The topological polar surface area (TPSA) is 158 Å². The van der Waals surface area contributed by atoms with Crippen LogP contribution in [-0.2, 0) is 18.9 Å². The molecule has 0 saturated carbocycles. The number of hydrogen-bond acceptors (Lipinski definition) is 13. The predicted octanol–water partition coefficient (Wildman–Crippen LogP) is 0.161. The molecule has 2 saturated heterocycles. The Hall–Kier alpha value is 0.650. The summed E-state index contributed by atoms with van der Waals surface area (Å²) < 4.78 is 21.5. The minimum atomic E-state index is -1.27. The first-order valence-electron chi connectivity index (χ1n) is 12.7. The SMILES string of the molecule is CCCCCCO[C@@H]1OC(CS)[C@H](O)[C@H](O)C1O.OC1[C@@H](OCCCCCS)OC(CS)[C@H](O)[C@@H]1O. The molecule has 0 spiro atoms. The second kappa shape index (κ2) is 19.7. The zero-order valence-corrected chi connectivity index (χ0v) is 23.6. The van der Waals surface area contributed by atoms with Crippen molar-refractivity contribution in [3.8, 4) is 0 Å². The molecule has 4 unspecified atom stereocenters. The van der Waals surface area contributed by atoms with Crippen molar-refractivity contribution in [2.45, 2.75) is 113 Å². The third-order valence-electron chi connectivity index (χ3n) is 6.06. The lowest BCUT2D eigenvalue weighted by atomic mass is 10.00. The van der Waals surface area contributed by atoms with Gasteiger partial charge in [0.2, 0.25) is 0 Å². The second-order valence-corrected chi connectivity index (χ2v) is 10.2. The van der Waals surface area contributed by atoms with Gasteiger partial charge in [-0.1, -0.05) is 32.6 Å². The lowest BCUT2D eigenvalue weighted by Gasteiger charge is -2.39. The van der Waals surface area contributed by atoms with Crippen LogP contribution < -0.4 is 0 Å². The lowest BCUT2D eigenvalue weighted by Crippen LogP contribution is -2.58. The van der Waals surface area contributed by atoms with Gasteiger partial charge in [0.1, 0.15) is 36.6 Å². The first-order valence-corrected chi connectivity index (χ1v) is 14.6. The molecule has 2 fully saturated rings. The van der Waals surface area contributed by atoms with Crippen molar-refractivity contribution in [3.63, 3.8) is 0 Å². The van der Waals surface area contributed by atoms with Crippen LogP contribution in [-0.4, -0.2) is 123 Å². The van der Waals surface area contributed by atoms with E-state index in [1.54, 1.807) is 0 Å². The van der Waals surface area contributed by atoms with E-state index in [0.29, 0.717) is 13.2 Å². The van der Waals surface area contributed by atoms with Crippen LogP contribution in [0.3, 0.4) is 0 Å². The Morgan fingerprint density at radius 1 is 0.556 bits per heavy atom.